The third-order valence-electron chi connectivity index (χ3n) is 4.22. The van der Waals surface area contributed by atoms with Crippen molar-refractivity contribution in [2.24, 2.45) is 5.92 Å². The van der Waals surface area contributed by atoms with Crippen molar-refractivity contribution in [3.63, 3.8) is 0 Å². The van der Waals surface area contributed by atoms with E-state index in [1.54, 1.807) is 4.90 Å². The highest BCUT2D eigenvalue weighted by Crippen LogP contribution is 2.33. The van der Waals surface area contributed by atoms with Crippen LogP contribution in [0.1, 0.15) is 40.5 Å². The molecule has 0 aliphatic carbocycles. The molecule has 0 radical (unpaired) electrons. The number of rotatable bonds is 3. The molecule has 108 valence electrons. The van der Waals surface area contributed by atoms with Crippen molar-refractivity contribution in [1.29, 1.82) is 0 Å². The van der Waals surface area contributed by atoms with Crippen molar-refractivity contribution in [2.75, 3.05) is 13.2 Å². The van der Waals surface area contributed by atoms with E-state index >= 15 is 0 Å². The highest BCUT2D eigenvalue weighted by atomic mass is 16.5. The average Bonchev–Trinajstić information content (AvgIpc) is 2.78. The van der Waals surface area contributed by atoms with Crippen molar-refractivity contribution in [1.82, 2.24) is 10.2 Å². The van der Waals surface area contributed by atoms with Gasteiger partial charge in [-0.25, -0.2) is 0 Å². The molecular formula is C14H24N2O3. The van der Waals surface area contributed by atoms with Crippen LogP contribution >= 0.6 is 0 Å². The molecule has 5 heteroatoms. The Morgan fingerprint density at radius 3 is 2.63 bits per heavy atom. The van der Waals surface area contributed by atoms with Gasteiger partial charge in [-0.05, 0) is 25.7 Å². The van der Waals surface area contributed by atoms with Gasteiger partial charge in [-0.3, -0.25) is 9.59 Å². The second kappa shape index (κ2) is 5.12. The van der Waals surface area contributed by atoms with Crippen LogP contribution in [-0.2, 0) is 14.3 Å². The quantitative estimate of drug-likeness (QED) is 0.828. The minimum atomic E-state index is -0.389. The zero-order valence-corrected chi connectivity index (χ0v) is 12.2. The van der Waals surface area contributed by atoms with Crippen LogP contribution in [0.25, 0.3) is 0 Å². The van der Waals surface area contributed by atoms with E-state index in [2.05, 4.69) is 5.32 Å². The van der Waals surface area contributed by atoms with Crippen LogP contribution < -0.4 is 5.32 Å². The van der Waals surface area contributed by atoms with E-state index in [0.29, 0.717) is 19.6 Å². The molecule has 0 aromatic rings. The van der Waals surface area contributed by atoms with Crippen LogP contribution in [0.15, 0.2) is 0 Å². The Morgan fingerprint density at radius 2 is 2.16 bits per heavy atom. The van der Waals surface area contributed by atoms with E-state index in [9.17, 15) is 9.59 Å². The van der Waals surface area contributed by atoms with Crippen molar-refractivity contribution >= 4 is 11.8 Å². The van der Waals surface area contributed by atoms with Crippen molar-refractivity contribution < 1.29 is 14.3 Å². The summed E-state index contributed by atoms with van der Waals surface area (Å²) >= 11 is 0. The molecule has 0 spiro atoms. The van der Waals surface area contributed by atoms with Crippen LogP contribution in [0.3, 0.4) is 0 Å². The van der Waals surface area contributed by atoms with Crippen LogP contribution in [-0.4, -0.2) is 47.6 Å². The Morgan fingerprint density at radius 1 is 1.47 bits per heavy atom. The first-order valence-electron chi connectivity index (χ1n) is 7.12. The van der Waals surface area contributed by atoms with Gasteiger partial charge >= 0.3 is 0 Å². The van der Waals surface area contributed by atoms with E-state index in [1.165, 1.54) is 0 Å². The predicted molar refractivity (Wildman–Crippen MR) is 71.5 cm³/mol. The monoisotopic (exact) mass is 268 g/mol. The highest BCUT2D eigenvalue weighted by Gasteiger charge is 2.50. The molecule has 2 aliphatic rings. The van der Waals surface area contributed by atoms with Gasteiger partial charge in [-0.15, -0.1) is 0 Å². The van der Waals surface area contributed by atoms with E-state index in [4.69, 9.17) is 4.74 Å². The summed E-state index contributed by atoms with van der Waals surface area (Å²) < 4.78 is 5.47. The maximum absolute atomic E-state index is 12.7. The largest absolute Gasteiger partial charge is 0.379 e. The summed E-state index contributed by atoms with van der Waals surface area (Å²) in [6.07, 6.45) is 1.43. The fourth-order valence-corrected chi connectivity index (χ4v) is 3.07. The molecule has 19 heavy (non-hydrogen) atoms. The fraction of sp³-hybridized carbons (Fsp3) is 0.857. The summed E-state index contributed by atoms with van der Waals surface area (Å²) in [6.45, 7) is 9.09. The zero-order chi connectivity index (χ0) is 14.2. The number of piperazine rings is 1. The number of hydrogen-bond donors (Lipinski definition) is 1. The van der Waals surface area contributed by atoms with Crippen LogP contribution in [0.2, 0.25) is 0 Å². The summed E-state index contributed by atoms with van der Waals surface area (Å²) in [7, 11) is 0. The van der Waals surface area contributed by atoms with Crippen LogP contribution in [0.4, 0.5) is 0 Å². The summed E-state index contributed by atoms with van der Waals surface area (Å²) in [4.78, 5) is 26.8. The number of ether oxygens (including phenoxy) is 1. The van der Waals surface area contributed by atoms with Gasteiger partial charge in [0.25, 0.3) is 0 Å². The molecule has 2 heterocycles. The van der Waals surface area contributed by atoms with Gasteiger partial charge in [0.05, 0.1) is 12.1 Å². The number of nitrogens with zero attached hydrogens (tertiary/aromatic N) is 1. The second-order valence-corrected chi connectivity index (χ2v) is 6.17. The number of nitrogens with one attached hydrogen (secondary N) is 1. The molecule has 0 bridgehead atoms. The Bertz CT molecular complexity index is 375. The topological polar surface area (TPSA) is 58.6 Å². The van der Waals surface area contributed by atoms with E-state index in [1.807, 2.05) is 27.7 Å². The van der Waals surface area contributed by atoms with Gasteiger partial charge in [0, 0.05) is 6.61 Å². The van der Waals surface area contributed by atoms with E-state index in [-0.39, 0.29) is 35.4 Å². The molecular weight excluding hydrogens is 244 g/mol. The number of carbonyl (C=O) groups is 2. The van der Waals surface area contributed by atoms with Crippen molar-refractivity contribution in [3.05, 3.63) is 0 Å². The first-order valence-corrected chi connectivity index (χ1v) is 7.12. The Labute approximate surface area is 114 Å². The summed E-state index contributed by atoms with van der Waals surface area (Å²) in [5.41, 5.74) is -0.350. The molecule has 3 atom stereocenters. The first-order chi connectivity index (χ1) is 8.90. The van der Waals surface area contributed by atoms with Gasteiger partial charge < -0.3 is 15.0 Å². The smallest absolute Gasteiger partial charge is 0.246 e. The van der Waals surface area contributed by atoms with Gasteiger partial charge in [0.15, 0.2) is 0 Å². The minimum Gasteiger partial charge on any atom is -0.379 e. The van der Waals surface area contributed by atoms with E-state index in [0.717, 1.165) is 6.42 Å². The third kappa shape index (κ3) is 2.36. The third-order valence-corrected chi connectivity index (χ3v) is 4.22. The molecule has 2 rings (SSSR count). The molecule has 0 aromatic heterocycles. The number of carbonyl (C=O) groups excluding carboxylic acids is 2. The van der Waals surface area contributed by atoms with Crippen LogP contribution in [0.5, 0.6) is 0 Å². The molecule has 0 saturated carbocycles. The standard InChI is InChI=1S/C14H24N2O3/c1-5-10-13(18)16(14(4)6-7-19-8-14)11(9(2)3)12(17)15-10/h9-11H,5-8H2,1-4H3,(H,15,17). The maximum Gasteiger partial charge on any atom is 0.246 e. The normalized spacial score (nSPS) is 35.9. The number of hydrogen-bond acceptors (Lipinski definition) is 3. The van der Waals surface area contributed by atoms with Crippen molar-refractivity contribution in [3.8, 4) is 0 Å². The molecule has 5 nitrogen and oxygen atoms in total. The van der Waals surface area contributed by atoms with Gasteiger partial charge in [0.2, 0.25) is 11.8 Å². The first kappa shape index (κ1) is 14.3. The summed E-state index contributed by atoms with van der Waals surface area (Å²) in [5, 5.41) is 2.85. The lowest BCUT2D eigenvalue weighted by molar-refractivity contribution is -0.159. The molecule has 2 amide bonds. The zero-order valence-electron chi connectivity index (χ0n) is 12.2. The lowest BCUT2D eigenvalue weighted by Crippen LogP contribution is -2.70. The summed E-state index contributed by atoms with van der Waals surface area (Å²) in [5.74, 6) is 0.0996. The minimum absolute atomic E-state index is 0.0328. The average molecular weight is 268 g/mol. The Balaban J connectivity index is 2.36. The highest BCUT2D eigenvalue weighted by molar-refractivity contribution is 5.97. The molecule has 2 fully saturated rings. The van der Waals surface area contributed by atoms with Gasteiger partial charge in [-0.2, -0.15) is 0 Å². The molecule has 0 aromatic carbocycles. The molecule has 3 unspecified atom stereocenters. The number of amides is 2. The predicted octanol–water partition coefficient (Wildman–Crippen LogP) is 0.927. The van der Waals surface area contributed by atoms with Crippen molar-refractivity contribution in [2.45, 2.75) is 58.2 Å². The SMILES string of the molecule is CCC1NC(=O)C(C(C)C)N(C2(C)CCOC2)C1=O. The maximum atomic E-state index is 12.7. The van der Waals surface area contributed by atoms with Crippen LogP contribution in [0, 0.1) is 5.92 Å². The lowest BCUT2D eigenvalue weighted by atomic mass is 9.88. The second-order valence-electron chi connectivity index (χ2n) is 6.17. The Hall–Kier alpha value is -1.10. The van der Waals surface area contributed by atoms with E-state index < -0.39 is 0 Å². The Kier molecular flexibility index (Phi) is 3.85. The molecule has 1 N–H and O–H groups in total. The molecule has 2 saturated heterocycles. The lowest BCUT2D eigenvalue weighted by Gasteiger charge is -2.48. The fourth-order valence-electron chi connectivity index (χ4n) is 3.07. The summed E-state index contributed by atoms with van der Waals surface area (Å²) in [6, 6.07) is -0.776. The van der Waals surface area contributed by atoms with Gasteiger partial charge in [-0.1, -0.05) is 20.8 Å². The molecule has 2 aliphatic heterocycles. The van der Waals surface area contributed by atoms with Gasteiger partial charge in [0.1, 0.15) is 12.1 Å².